The number of rotatable bonds is 21. The number of esters is 4. The molecule has 0 amide bonds. The molecule has 0 aromatic heterocycles. The van der Waals surface area contributed by atoms with Crippen molar-refractivity contribution in [3.8, 4) is 0 Å². The van der Waals surface area contributed by atoms with Crippen LogP contribution in [0.5, 0.6) is 0 Å². The smallest absolute Gasteiger partial charge is 0.462 e. The molecule has 0 aromatic carbocycles. The summed E-state index contributed by atoms with van der Waals surface area (Å²) in [4.78, 5) is 74.0. The summed E-state index contributed by atoms with van der Waals surface area (Å²) in [5, 5.41) is -0.664. The van der Waals surface area contributed by atoms with E-state index in [0.29, 0.717) is 5.75 Å². The van der Waals surface area contributed by atoms with Crippen molar-refractivity contribution < 1.29 is 57.2 Å². The predicted molar refractivity (Wildman–Crippen MR) is 164 cm³/mol. The van der Waals surface area contributed by atoms with Crippen molar-refractivity contribution in [3.63, 3.8) is 0 Å². The summed E-state index contributed by atoms with van der Waals surface area (Å²) < 4.78 is 31.6. The van der Waals surface area contributed by atoms with E-state index in [4.69, 9.17) is 28.4 Å². The van der Waals surface area contributed by atoms with E-state index in [1.807, 2.05) is 0 Å². The molecule has 0 aliphatic rings. The molecule has 13 heteroatoms. The third-order valence-corrected chi connectivity index (χ3v) is 6.96. The molecule has 0 spiro atoms. The Balaban J connectivity index is 5.86. The Morgan fingerprint density at radius 3 is 1.55 bits per heavy atom. The van der Waals surface area contributed by atoms with Gasteiger partial charge in [0, 0.05) is 33.4 Å². The highest BCUT2D eigenvalue weighted by Crippen LogP contribution is 2.25. The molecule has 0 aromatic rings. The fourth-order valence-electron chi connectivity index (χ4n) is 4.10. The Kier molecular flexibility index (Phi) is 21.2. The lowest BCUT2D eigenvalue weighted by Crippen LogP contribution is -2.55. The quantitative estimate of drug-likeness (QED) is 0.0830. The van der Waals surface area contributed by atoms with Crippen molar-refractivity contribution in [2.45, 2.75) is 150 Å². The van der Waals surface area contributed by atoms with Crippen LogP contribution in [0.4, 0.5) is 4.79 Å². The number of hydrogen-bond donors (Lipinski definition) is 0. The first-order chi connectivity index (χ1) is 20.6. The van der Waals surface area contributed by atoms with Gasteiger partial charge in [-0.1, -0.05) is 76.5 Å². The minimum Gasteiger partial charge on any atom is -0.462 e. The molecule has 0 N–H and O–H groups in total. The van der Waals surface area contributed by atoms with Gasteiger partial charge in [-0.2, -0.15) is 0 Å². The molecular weight excluding hydrogens is 596 g/mol. The SMILES string of the molecule is CCCCCCCCCCCCSC(=O)C(OC(C)=O)C(OC(C)=O)C(OC(C)=O)C(COC(C)=O)OC(=O)OC(C)(C)C. The minimum atomic E-state index is -1.75. The van der Waals surface area contributed by atoms with Crippen LogP contribution in [0.2, 0.25) is 0 Å². The molecule has 0 rings (SSSR count). The first-order valence-electron chi connectivity index (χ1n) is 15.3. The molecule has 12 nitrogen and oxygen atoms in total. The lowest BCUT2D eigenvalue weighted by atomic mass is 10.0. The summed E-state index contributed by atoms with van der Waals surface area (Å²) in [7, 11) is 0. The van der Waals surface area contributed by atoms with Gasteiger partial charge in [0.05, 0.1) is 0 Å². The van der Waals surface area contributed by atoms with Gasteiger partial charge < -0.3 is 28.4 Å². The van der Waals surface area contributed by atoms with Crippen molar-refractivity contribution >= 4 is 46.9 Å². The number of unbranched alkanes of at least 4 members (excludes halogenated alkanes) is 9. The summed E-state index contributed by atoms with van der Waals surface area (Å²) in [5.74, 6) is -3.02. The Labute approximate surface area is 265 Å². The molecule has 0 bridgehead atoms. The standard InChI is InChI=1S/C31H52O12S/c1-9-10-11-12-13-14-15-16-17-18-19-44-29(36)28(41-24(5)35)27(40-23(4)34)26(39-22(3)33)25(20-38-21(2)32)42-30(37)43-31(6,7)8/h25-28H,9-20H2,1-8H3. The van der Waals surface area contributed by atoms with Gasteiger partial charge in [0.15, 0.2) is 18.3 Å². The maximum Gasteiger partial charge on any atom is 0.509 e. The molecule has 0 saturated heterocycles. The monoisotopic (exact) mass is 648 g/mol. The van der Waals surface area contributed by atoms with Gasteiger partial charge in [0.1, 0.15) is 12.2 Å². The van der Waals surface area contributed by atoms with Gasteiger partial charge in [0.2, 0.25) is 11.2 Å². The lowest BCUT2D eigenvalue weighted by molar-refractivity contribution is -0.197. The number of carbonyl (C=O) groups excluding carboxylic acids is 6. The Morgan fingerprint density at radius 1 is 0.614 bits per heavy atom. The fourth-order valence-corrected chi connectivity index (χ4v) is 5.00. The second kappa shape index (κ2) is 22.6. The second-order valence-corrected chi connectivity index (χ2v) is 12.6. The van der Waals surface area contributed by atoms with Crippen LogP contribution >= 0.6 is 11.8 Å². The number of carbonyl (C=O) groups is 6. The van der Waals surface area contributed by atoms with E-state index in [1.165, 1.54) is 38.5 Å². The van der Waals surface area contributed by atoms with Gasteiger partial charge in [0.25, 0.3) is 0 Å². The van der Waals surface area contributed by atoms with Gasteiger partial charge in [-0.15, -0.1) is 0 Å². The Bertz CT molecular complexity index is 914. The largest absolute Gasteiger partial charge is 0.509 e. The first-order valence-corrected chi connectivity index (χ1v) is 16.3. The Morgan fingerprint density at radius 2 is 1.09 bits per heavy atom. The molecule has 0 aliphatic heterocycles. The van der Waals surface area contributed by atoms with E-state index in [-0.39, 0.29) is 0 Å². The van der Waals surface area contributed by atoms with Crippen LogP contribution in [0.15, 0.2) is 0 Å². The fraction of sp³-hybridized carbons (Fsp3) is 0.806. The minimum absolute atomic E-state index is 0.406. The summed E-state index contributed by atoms with van der Waals surface area (Å²) in [6.45, 7) is 10.5. The second-order valence-electron chi connectivity index (χ2n) is 11.5. The maximum atomic E-state index is 13.4. The van der Waals surface area contributed by atoms with E-state index >= 15 is 0 Å². The number of hydrogen-bond acceptors (Lipinski definition) is 13. The van der Waals surface area contributed by atoms with Crippen molar-refractivity contribution in [1.82, 2.24) is 0 Å². The summed E-state index contributed by atoms with van der Waals surface area (Å²) in [6.07, 6.45) is 3.12. The molecular formula is C31H52O12S. The highest BCUT2D eigenvalue weighted by Gasteiger charge is 2.47. The summed E-state index contributed by atoms with van der Waals surface area (Å²) in [6, 6.07) is 0. The lowest BCUT2D eigenvalue weighted by Gasteiger charge is -2.34. The first kappa shape index (κ1) is 41.2. The van der Waals surface area contributed by atoms with Crippen LogP contribution in [0.25, 0.3) is 0 Å². The van der Waals surface area contributed by atoms with Crippen molar-refractivity contribution in [1.29, 1.82) is 0 Å². The zero-order chi connectivity index (χ0) is 33.7. The Hall–Kier alpha value is -2.83. The third kappa shape index (κ3) is 21.0. The van der Waals surface area contributed by atoms with Crippen LogP contribution in [-0.2, 0) is 52.4 Å². The molecule has 0 fully saturated rings. The van der Waals surface area contributed by atoms with Crippen LogP contribution in [0.1, 0.15) is 120 Å². The predicted octanol–water partition coefficient (Wildman–Crippen LogP) is 5.85. The molecule has 4 unspecified atom stereocenters. The van der Waals surface area contributed by atoms with Gasteiger partial charge in [-0.3, -0.25) is 24.0 Å². The molecule has 0 heterocycles. The average Bonchev–Trinajstić information content (AvgIpc) is 2.88. The summed E-state index contributed by atoms with van der Waals surface area (Å²) >= 11 is 0.882. The van der Waals surface area contributed by atoms with Gasteiger partial charge in [-0.05, 0) is 27.2 Å². The van der Waals surface area contributed by atoms with E-state index in [1.54, 1.807) is 20.8 Å². The molecule has 0 radical (unpaired) electrons. The van der Waals surface area contributed by atoms with Gasteiger partial charge >= 0.3 is 30.0 Å². The van der Waals surface area contributed by atoms with Crippen molar-refractivity contribution in [2.24, 2.45) is 0 Å². The molecule has 4 atom stereocenters. The average molecular weight is 649 g/mol. The molecule has 0 aliphatic carbocycles. The highest BCUT2D eigenvalue weighted by molar-refractivity contribution is 8.13. The zero-order valence-electron chi connectivity index (χ0n) is 27.6. The topological polar surface area (TPSA) is 158 Å². The van der Waals surface area contributed by atoms with Crippen molar-refractivity contribution in [2.75, 3.05) is 12.4 Å². The van der Waals surface area contributed by atoms with E-state index in [0.717, 1.165) is 65.1 Å². The summed E-state index contributed by atoms with van der Waals surface area (Å²) in [5.41, 5.74) is -0.975. The van der Waals surface area contributed by atoms with E-state index in [2.05, 4.69) is 6.92 Å². The number of thioether (sulfide) groups is 1. The maximum absolute atomic E-state index is 13.4. The zero-order valence-corrected chi connectivity index (χ0v) is 28.4. The van der Waals surface area contributed by atoms with Crippen molar-refractivity contribution in [3.05, 3.63) is 0 Å². The molecule has 0 saturated carbocycles. The third-order valence-electron chi connectivity index (χ3n) is 5.95. The molecule has 254 valence electrons. The van der Waals surface area contributed by atoms with Crippen LogP contribution in [0.3, 0.4) is 0 Å². The van der Waals surface area contributed by atoms with Crippen LogP contribution < -0.4 is 0 Å². The highest BCUT2D eigenvalue weighted by atomic mass is 32.2. The van der Waals surface area contributed by atoms with Crippen LogP contribution in [-0.4, -0.2) is 77.5 Å². The molecule has 44 heavy (non-hydrogen) atoms. The van der Waals surface area contributed by atoms with Gasteiger partial charge in [-0.25, -0.2) is 4.79 Å². The number of ether oxygens (including phenoxy) is 6. The van der Waals surface area contributed by atoms with E-state index in [9.17, 15) is 28.8 Å². The normalized spacial score (nSPS) is 13.9. The van der Waals surface area contributed by atoms with Crippen LogP contribution in [0, 0.1) is 0 Å². The van der Waals surface area contributed by atoms with E-state index < -0.39 is 71.8 Å².